The Morgan fingerprint density at radius 3 is 2.22 bits per heavy atom. The van der Waals surface area contributed by atoms with E-state index in [1.807, 2.05) is 43.3 Å². The Kier molecular flexibility index (Phi) is 3.42. The molecule has 0 unspecified atom stereocenters. The first-order valence-corrected chi connectivity index (χ1v) is 5.74. The number of nitrogen functional groups attached to an aromatic ring is 1. The van der Waals surface area contributed by atoms with Crippen molar-refractivity contribution in [1.82, 2.24) is 0 Å². The van der Waals surface area contributed by atoms with E-state index in [0.717, 1.165) is 22.4 Å². The van der Waals surface area contributed by atoms with Gasteiger partial charge in [0.15, 0.2) is 11.5 Å². The number of ether oxygens (including phenoxy) is 2. The van der Waals surface area contributed by atoms with Crippen molar-refractivity contribution >= 4 is 5.69 Å². The molecule has 0 atom stereocenters. The second kappa shape index (κ2) is 5.00. The third kappa shape index (κ3) is 2.25. The summed E-state index contributed by atoms with van der Waals surface area (Å²) >= 11 is 0. The Morgan fingerprint density at radius 2 is 1.61 bits per heavy atom. The highest BCUT2D eigenvalue weighted by Gasteiger charge is 2.08. The Labute approximate surface area is 107 Å². The van der Waals surface area contributed by atoms with Crippen LogP contribution < -0.4 is 15.2 Å². The van der Waals surface area contributed by atoms with Crippen LogP contribution in [0.5, 0.6) is 11.5 Å². The first kappa shape index (κ1) is 12.3. The SMILES string of the molecule is COc1ccc(-c2ccc(C)cc2N)cc1OC. The molecular weight excluding hydrogens is 226 g/mol. The summed E-state index contributed by atoms with van der Waals surface area (Å²) in [7, 11) is 3.25. The zero-order valence-corrected chi connectivity index (χ0v) is 10.9. The molecule has 3 heteroatoms. The zero-order chi connectivity index (χ0) is 13.1. The number of nitrogens with two attached hydrogens (primary N) is 1. The van der Waals surface area contributed by atoms with Crippen molar-refractivity contribution in [3.05, 3.63) is 42.0 Å². The number of methoxy groups -OCH3 is 2. The molecule has 3 nitrogen and oxygen atoms in total. The van der Waals surface area contributed by atoms with Crippen LogP contribution in [0.3, 0.4) is 0 Å². The summed E-state index contributed by atoms with van der Waals surface area (Å²) in [6.45, 7) is 2.02. The van der Waals surface area contributed by atoms with Gasteiger partial charge >= 0.3 is 0 Å². The van der Waals surface area contributed by atoms with Crippen molar-refractivity contribution < 1.29 is 9.47 Å². The Bertz CT molecular complexity index is 564. The minimum atomic E-state index is 0.704. The fourth-order valence-electron chi connectivity index (χ4n) is 1.95. The molecule has 2 aromatic rings. The fraction of sp³-hybridized carbons (Fsp3) is 0.200. The number of anilines is 1. The van der Waals surface area contributed by atoms with Crippen molar-refractivity contribution in [3.63, 3.8) is 0 Å². The normalized spacial score (nSPS) is 10.2. The lowest BCUT2D eigenvalue weighted by atomic mass is 10.0. The van der Waals surface area contributed by atoms with Gasteiger partial charge in [-0.25, -0.2) is 0 Å². The molecule has 0 heterocycles. The standard InChI is InChI=1S/C15H17NO2/c1-10-4-6-12(13(16)8-10)11-5-7-14(17-2)15(9-11)18-3/h4-9H,16H2,1-3H3. The molecule has 2 N–H and O–H groups in total. The fourth-order valence-corrected chi connectivity index (χ4v) is 1.95. The van der Waals surface area contributed by atoms with Crippen LogP contribution in [-0.2, 0) is 0 Å². The quantitative estimate of drug-likeness (QED) is 0.841. The van der Waals surface area contributed by atoms with Gasteiger partial charge in [-0.05, 0) is 36.2 Å². The smallest absolute Gasteiger partial charge is 0.161 e. The Morgan fingerprint density at radius 1 is 0.889 bits per heavy atom. The van der Waals surface area contributed by atoms with E-state index in [1.54, 1.807) is 14.2 Å². The lowest BCUT2D eigenvalue weighted by molar-refractivity contribution is 0.355. The molecule has 0 aliphatic rings. The minimum Gasteiger partial charge on any atom is -0.493 e. The molecule has 18 heavy (non-hydrogen) atoms. The monoisotopic (exact) mass is 243 g/mol. The molecule has 0 amide bonds. The average molecular weight is 243 g/mol. The van der Waals surface area contributed by atoms with Crippen LogP contribution in [0.25, 0.3) is 11.1 Å². The van der Waals surface area contributed by atoms with Gasteiger partial charge < -0.3 is 15.2 Å². The average Bonchev–Trinajstić information content (AvgIpc) is 2.38. The van der Waals surface area contributed by atoms with Crippen molar-refractivity contribution in [2.45, 2.75) is 6.92 Å². The molecular formula is C15H17NO2. The van der Waals surface area contributed by atoms with E-state index in [9.17, 15) is 0 Å². The van der Waals surface area contributed by atoms with Crippen molar-refractivity contribution in [3.8, 4) is 22.6 Å². The van der Waals surface area contributed by atoms with E-state index >= 15 is 0 Å². The molecule has 0 radical (unpaired) electrons. The molecule has 0 spiro atoms. The summed E-state index contributed by atoms with van der Waals surface area (Å²) in [5.74, 6) is 1.42. The number of benzene rings is 2. The maximum atomic E-state index is 6.04. The molecule has 0 bridgehead atoms. The van der Waals surface area contributed by atoms with Gasteiger partial charge in [0.05, 0.1) is 14.2 Å². The predicted octanol–water partition coefficient (Wildman–Crippen LogP) is 3.26. The lowest BCUT2D eigenvalue weighted by Crippen LogP contribution is -1.93. The highest BCUT2D eigenvalue weighted by molar-refractivity contribution is 5.78. The molecule has 0 aliphatic heterocycles. The Hall–Kier alpha value is -2.16. The van der Waals surface area contributed by atoms with Crippen LogP contribution in [0.4, 0.5) is 5.69 Å². The van der Waals surface area contributed by atoms with E-state index < -0.39 is 0 Å². The van der Waals surface area contributed by atoms with E-state index in [2.05, 4.69) is 0 Å². The van der Waals surface area contributed by atoms with Gasteiger partial charge in [0.25, 0.3) is 0 Å². The number of hydrogen-bond donors (Lipinski definition) is 1. The summed E-state index contributed by atoms with van der Waals surface area (Å²) in [4.78, 5) is 0. The number of aryl methyl sites for hydroxylation is 1. The molecule has 0 saturated carbocycles. The van der Waals surface area contributed by atoms with Gasteiger partial charge in [-0.2, -0.15) is 0 Å². The molecule has 2 rings (SSSR count). The first-order chi connectivity index (χ1) is 8.65. The first-order valence-electron chi connectivity index (χ1n) is 5.74. The molecule has 0 fully saturated rings. The van der Waals surface area contributed by atoms with Gasteiger partial charge in [0, 0.05) is 11.3 Å². The second-order valence-electron chi connectivity index (χ2n) is 4.16. The summed E-state index contributed by atoms with van der Waals surface area (Å²) in [5, 5.41) is 0. The van der Waals surface area contributed by atoms with Crippen LogP contribution in [-0.4, -0.2) is 14.2 Å². The summed E-state index contributed by atoms with van der Waals surface area (Å²) < 4.78 is 10.5. The Balaban J connectivity index is 2.51. The van der Waals surface area contributed by atoms with Gasteiger partial charge in [-0.3, -0.25) is 0 Å². The van der Waals surface area contributed by atoms with Gasteiger partial charge in [0.1, 0.15) is 0 Å². The maximum absolute atomic E-state index is 6.04. The van der Waals surface area contributed by atoms with E-state index in [-0.39, 0.29) is 0 Å². The van der Waals surface area contributed by atoms with E-state index in [4.69, 9.17) is 15.2 Å². The van der Waals surface area contributed by atoms with E-state index in [1.165, 1.54) is 0 Å². The highest BCUT2D eigenvalue weighted by Crippen LogP contribution is 2.34. The van der Waals surface area contributed by atoms with Gasteiger partial charge in [0.2, 0.25) is 0 Å². The third-order valence-corrected chi connectivity index (χ3v) is 2.90. The summed E-state index contributed by atoms with van der Waals surface area (Å²) in [5.41, 5.74) is 9.98. The van der Waals surface area contributed by atoms with Crippen LogP contribution in [0, 0.1) is 6.92 Å². The van der Waals surface area contributed by atoms with Crippen molar-refractivity contribution in [2.24, 2.45) is 0 Å². The number of rotatable bonds is 3. The van der Waals surface area contributed by atoms with Crippen LogP contribution in [0.2, 0.25) is 0 Å². The molecule has 94 valence electrons. The zero-order valence-electron chi connectivity index (χ0n) is 10.9. The molecule has 0 aromatic heterocycles. The lowest BCUT2D eigenvalue weighted by Gasteiger charge is -2.11. The summed E-state index contributed by atoms with van der Waals surface area (Å²) in [6, 6.07) is 11.8. The predicted molar refractivity (Wildman–Crippen MR) is 74.1 cm³/mol. The van der Waals surface area contributed by atoms with Crippen molar-refractivity contribution in [1.29, 1.82) is 0 Å². The topological polar surface area (TPSA) is 44.5 Å². The van der Waals surface area contributed by atoms with E-state index in [0.29, 0.717) is 11.5 Å². The second-order valence-corrected chi connectivity index (χ2v) is 4.16. The van der Waals surface area contributed by atoms with Crippen LogP contribution in [0.15, 0.2) is 36.4 Å². The summed E-state index contributed by atoms with van der Waals surface area (Å²) in [6.07, 6.45) is 0. The minimum absolute atomic E-state index is 0.704. The van der Waals surface area contributed by atoms with Gasteiger partial charge in [-0.1, -0.05) is 18.2 Å². The van der Waals surface area contributed by atoms with Crippen molar-refractivity contribution in [2.75, 3.05) is 20.0 Å². The maximum Gasteiger partial charge on any atom is 0.161 e. The van der Waals surface area contributed by atoms with Crippen LogP contribution in [0.1, 0.15) is 5.56 Å². The van der Waals surface area contributed by atoms with Gasteiger partial charge in [-0.15, -0.1) is 0 Å². The molecule has 0 saturated heterocycles. The molecule has 0 aliphatic carbocycles. The molecule has 2 aromatic carbocycles. The highest BCUT2D eigenvalue weighted by atomic mass is 16.5. The van der Waals surface area contributed by atoms with Crippen LogP contribution >= 0.6 is 0 Å². The number of hydrogen-bond acceptors (Lipinski definition) is 3. The largest absolute Gasteiger partial charge is 0.493 e. The third-order valence-electron chi connectivity index (χ3n) is 2.90.